The molecule has 1 N–H and O–H groups in total. The summed E-state index contributed by atoms with van der Waals surface area (Å²) in [5.41, 5.74) is 0.583. The molecule has 4 nitrogen and oxygen atoms in total. The first-order valence-electron chi connectivity index (χ1n) is 7.29. The Bertz CT molecular complexity index is 516. The van der Waals surface area contributed by atoms with Crippen LogP contribution in [0.4, 0.5) is 0 Å². The molecule has 0 spiro atoms. The normalized spacial score (nSPS) is 30.4. The highest BCUT2D eigenvalue weighted by Crippen LogP contribution is 2.40. The zero-order valence-electron chi connectivity index (χ0n) is 11.8. The van der Waals surface area contributed by atoms with Gasteiger partial charge in [-0.2, -0.15) is 0 Å². The van der Waals surface area contributed by atoms with E-state index in [-0.39, 0.29) is 0 Å². The number of carbonyl (C=O) groups is 1. The molecule has 0 amide bonds. The van der Waals surface area contributed by atoms with Gasteiger partial charge in [0.1, 0.15) is 5.75 Å². The Labute approximate surface area is 119 Å². The molecule has 1 aromatic carbocycles. The number of benzene rings is 1. The summed E-state index contributed by atoms with van der Waals surface area (Å²) >= 11 is 0. The van der Waals surface area contributed by atoms with E-state index >= 15 is 0 Å². The van der Waals surface area contributed by atoms with Gasteiger partial charge >= 0.3 is 5.97 Å². The van der Waals surface area contributed by atoms with Gasteiger partial charge in [0, 0.05) is 24.6 Å². The van der Waals surface area contributed by atoms with Crippen molar-refractivity contribution >= 4 is 5.97 Å². The minimum atomic E-state index is -0.678. The number of fused-ring (bicyclic) bond motifs is 1. The molecule has 1 saturated heterocycles. The lowest BCUT2D eigenvalue weighted by atomic mass is 9.80. The molecule has 2 atom stereocenters. The Kier molecular flexibility index (Phi) is 3.42. The Morgan fingerprint density at radius 3 is 3.05 bits per heavy atom. The Hall–Kier alpha value is -1.55. The standard InChI is InChI=1S/C16H21NO3/c1-16(15(18)19)8-4-9-17(11-16)13-7-10-20-14-6-3-2-5-12(13)14/h2-3,5-6,13H,4,7-11H2,1H3,(H,18,19). The number of nitrogens with zero attached hydrogens (tertiary/aromatic N) is 1. The van der Waals surface area contributed by atoms with Crippen LogP contribution in [0.3, 0.4) is 0 Å². The first-order valence-corrected chi connectivity index (χ1v) is 7.29. The van der Waals surface area contributed by atoms with E-state index in [0.29, 0.717) is 19.2 Å². The molecule has 108 valence electrons. The van der Waals surface area contributed by atoms with Crippen LogP contribution >= 0.6 is 0 Å². The van der Waals surface area contributed by atoms with Gasteiger partial charge in [0.15, 0.2) is 0 Å². The van der Waals surface area contributed by atoms with Gasteiger partial charge < -0.3 is 9.84 Å². The molecule has 2 aliphatic heterocycles. The molecule has 3 rings (SSSR count). The van der Waals surface area contributed by atoms with Crippen molar-refractivity contribution in [1.82, 2.24) is 4.90 Å². The highest BCUT2D eigenvalue weighted by Gasteiger charge is 2.40. The van der Waals surface area contributed by atoms with Gasteiger partial charge in [0.25, 0.3) is 0 Å². The SMILES string of the molecule is CC1(C(=O)O)CCCN(C2CCOc3ccccc32)C1. The van der Waals surface area contributed by atoms with Crippen molar-refractivity contribution in [3.8, 4) is 5.75 Å². The second-order valence-corrected chi connectivity index (χ2v) is 6.13. The van der Waals surface area contributed by atoms with Gasteiger partial charge in [-0.1, -0.05) is 18.2 Å². The monoisotopic (exact) mass is 275 g/mol. The van der Waals surface area contributed by atoms with Gasteiger partial charge in [0.05, 0.1) is 12.0 Å². The van der Waals surface area contributed by atoms with Crippen LogP contribution in [0.15, 0.2) is 24.3 Å². The number of rotatable bonds is 2. The number of likely N-dealkylation sites (tertiary alicyclic amines) is 1. The van der Waals surface area contributed by atoms with Crippen LogP contribution in [0.25, 0.3) is 0 Å². The molecule has 2 aliphatic rings. The molecular weight excluding hydrogens is 254 g/mol. The summed E-state index contributed by atoms with van der Waals surface area (Å²) < 4.78 is 5.70. The zero-order chi connectivity index (χ0) is 14.2. The number of carboxylic acid groups (broad SMARTS) is 1. The van der Waals surface area contributed by atoms with E-state index in [1.807, 2.05) is 25.1 Å². The van der Waals surface area contributed by atoms with Crippen molar-refractivity contribution in [2.45, 2.75) is 32.2 Å². The third kappa shape index (κ3) is 2.29. The van der Waals surface area contributed by atoms with E-state index < -0.39 is 11.4 Å². The molecule has 0 saturated carbocycles. The lowest BCUT2D eigenvalue weighted by molar-refractivity contribution is -0.152. The predicted molar refractivity (Wildman–Crippen MR) is 75.8 cm³/mol. The average Bonchev–Trinajstić information content (AvgIpc) is 2.46. The molecule has 0 bridgehead atoms. The van der Waals surface area contributed by atoms with Crippen molar-refractivity contribution in [3.05, 3.63) is 29.8 Å². The van der Waals surface area contributed by atoms with E-state index in [1.165, 1.54) is 5.56 Å². The Morgan fingerprint density at radius 1 is 1.45 bits per heavy atom. The lowest BCUT2D eigenvalue weighted by Gasteiger charge is -2.43. The molecule has 0 radical (unpaired) electrons. The number of carboxylic acids is 1. The number of aliphatic carboxylic acids is 1. The molecule has 2 unspecified atom stereocenters. The molecular formula is C16H21NO3. The van der Waals surface area contributed by atoms with Crippen molar-refractivity contribution < 1.29 is 14.6 Å². The summed E-state index contributed by atoms with van der Waals surface area (Å²) in [7, 11) is 0. The third-order valence-corrected chi connectivity index (χ3v) is 4.61. The summed E-state index contributed by atoms with van der Waals surface area (Å²) in [6.45, 7) is 4.18. The lowest BCUT2D eigenvalue weighted by Crippen LogP contribution is -2.48. The molecule has 4 heteroatoms. The fraction of sp³-hybridized carbons (Fsp3) is 0.562. The number of piperidine rings is 1. The van der Waals surface area contributed by atoms with Crippen LogP contribution in [0.5, 0.6) is 5.75 Å². The van der Waals surface area contributed by atoms with Gasteiger partial charge in [-0.15, -0.1) is 0 Å². The van der Waals surface area contributed by atoms with Crippen LogP contribution in [0.2, 0.25) is 0 Å². The summed E-state index contributed by atoms with van der Waals surface area (Å²) in [5, 5.41) is 9.46. The van der Waals surface area contributed by atoms with Gasteiger partial charge in [-0.25, -0.2) is 0 Å². The maximum atomic E-state index is 11.5. The maximum Gasteiger partial charge on any atom is 0.310 e. The predicted octanol–water partition coefficient (Wildman–Crippen LogP) is 2.70. The molecule has 1 fully saturated rings. The maximum absolute atomic E-state index is 11.5. The van der Waals surface area contributed by atoms with E-state index in [4.69, 9.17) is 4.74 Å². The third-order valence-electron chi connectivity index (χ3n) is 4.61. The smallest absolute Gasteiger partial charge is 0.310 e. The largest absolute Gasteiger partial charge is 0.493 e. The zero-order valence-corrected chi connectivity index (χ0v) is 11.8. The highest BCUT2D eigenvalue weighted by atomic mass is 16.5. The second-order valence-electron chi connectivity index (χ2n) is 6.13. The van der Waals surface area contributed by atoms with Crippen molar-refractivity contribution in [1.29, 1.82) is 0 Å². The molecule has 0 aromatic heterocycles. The first kappa shape index (κ1) is 13.4. The van der Waals surface area contributed by atoms with Crippen molar-refractivity contribution in [3.63, 3.8) is 0 Å². The highest BCUT2D eigenvalue weighted by molar-refractivity contribution is 5.74. The topological polar surface area (TPSA) is 49.8 Å². The Morgan fingerprint density at radius 2 is 2.25 bits per heavy atom. The second kappa shape index (κ2) is 5.09. The molecule has 2 heterocycles. The van der Waals surface area contributed by atoms with Crippen LogP contribution in [0.1, 0.15) is 37.8 Å². The van der Waals surface area contributed by atoms with Crippen LogP contribution < -0.4 is 4.74 Å². The van der Waals surface area contributed by atoms with E-state index in [2.05, 4.69) is 11.0 Å². The average molecular weight is 275 g/mol. The first-order chi connectivity index (χ1) is 9.60. The van der Waals surface area contributed by atoms with Gasteiger partial charge in [-0.05, 0) is 32.4 Å². The van der Waals surface area contributed by atoms with Crippen molar-refractivity contribution in [2.75, 3.05) is 19.7 Å². The molecule has 20 heavy (non-hydrogen) atoms. The summed E-state index contributed by atoms with van der Waals surface area (Å²) in [6, 6.07) is 8.41. The summed E-state index contributed by atoms with van der Waals surface area (Å²) in [4.78, 5) is 13.8. The molecule has 1 aromatic rings. The van der Waals surface area contributed by atoms with E-state index in [0.717, 1.165) is 31.6 Å². The van der Waals surface area contributed by atoms with Gasteiger partial charge in [0.2, 0.25) is 0 Å². The van der Waals surface area contributed by atoms with Crippen LogP contribution in [0, 0.1) is 5.41 Å². The van der Waals surface area contributed by atoms with E-state index in [1.54, 1.807) is 0 Å². The minimum absolute atomic E-state index is 0.291. The van der Waals surface area contributed by atoms with Gasteiger partial charge in [-0.3, -0.25) is 9.69 Å². The number of hydrogen-bond acceptors (Lipinski definition) is 3. The number of ether oxygens (including phenoxy) is 1. The fourth-order valence-electron chi connectivity index (χ4n) is 3.42. The fourth-order valence-corrected chi connectivity index (χ4v) is 3.42. The molecule has 0 aliphatic carbocycles. The summed E-state index contributed by atoms with van der Waals surface area (Å²) in [5.74, 6) is 0.272. The van der Waals surface area contributed by atoms with E-state index in [9.17, 15) is 9.90 Å². The van der Waals surface area contributed by atoms with Crippen molar-refractivity contribution in [2.24, 2.45) is 5.41 Å². The Balaban J connectivity index is 1.85. The number of para-hydroxylation sites is 1. The van der Waals surface area contributed by atoms with Crippen LogP contribution in [-0.2, 0) is 4.79 Å². The number of hydrogen-bond donors (Lipinski definition) is 1. The quantitative estimate of drug-likeness (QED) is 0.901. The summed E-state index contributed by atoms with van der Waals surface area (Å²) in [6.07, 6.45) is 2.65. The van der Waals surface area contributed by atoms with Crippen LogP contribution in [-0.4, -0.2) is 35.7 Å². The minimum Gasteiger partial charge on any atom is -0.493 e.